The first kappa shape index (κ1) is 31.8. The Bertz CT molecular complexity index is 1950. The van der Waals surface area contributed by atoms with E-state index in [-0.39, 0.29) is 43.1 Å². The first-order valence-electron chi connectivity index (χ1n) is 17.7. The van der Waals surface area contributed by atoms with Crippen molar-refractivity contribution in [3.63, 3.8) is 0 Å². The van der Waals surface area contributed by atoms with Crippen LogP contribution in [0, 0.1) is 10.8 Å². The van der Waals surface area contributed by atoms with Crippen molar-refractivity contribution in [3.8, 4) is 5.88 Å². The Morgan fingerprint density at radius 3 is 2.56 bits per heavy atom. The molecule has 260 valence electrons. The average molecular weight is 679 g/mol. The number of nitrogens with one attached hydrogen (secondary N) is 1. The van der Waals surface area contributed by atoms with E-state index < -0.39 is 17.8 Å². The molecule has 6 rings (SSSR count). The van der Waals surface area contributed by atoms with Crippen LogP contribution >= 0.6 is 0 Å². The van der Waals surface area contributed by atoms with E-state index in [0.717, 1.165) is 16.7 Å². The molecule has 2 saturated heterocycles. The standard InChI is InChI=1S/C37H44N10O3/c1-24(2)50-31-11-8-28(20-42-31)33(39)34-29(38)9-10-30(44-34)47-19-15-37(36(47)49)14-18-45(22-37)21-32(48)46-16-12-26(13-17-46)25-4-6-27(7-5-25)35(40)43-23-41-3/h4-12,20,23-24,39H,13-19,21-22,38H2,1-3H3,(H2,40,41,43)/t37-/m0/s1/i21D2. The van der Waals surface area contributed by atoms with Gasteiger partial charge in [-0.15, -0.1) is 0 Å². The molecule has 0 unspecified atom stereocenters. The molecular formula is C37H44N10O3. The molecule has 0 saturated carbocycles. The Morgan fingerprint density at radius 2 is 1.88 bits per heavy atom. The second-order valence-electron chi connectivity index (χ2n) is 13.0. The third kappa shape index (κ3) is 7.27. The molecule has 5 N–H and O–H groups in total. The summed E-state index contributed by atoms with van der Waals surface area (Å²) in [6.07, 6.45) is 6.33. The number of hydrogen-bond donors (Lipinski definition) is 3. The van der Waals surface area contributed by atoms with Crippen LogP contribution in [0.25, 0.3) is 5.57 Å². The van der Waals surface area contributed by atoms with Gasteiger partial charge in [0.2, 0.25) is 17.7 Å². The van der Waals surface area contributed by atoms with Crippen molar-refractivity contribution < 1.29 is 17.1 Å². The maximum absolute atomic E-state index is 14.0. The molecule has 3 aliphatic heterocycles. The number of carbonyl (C=O) groups excluding carboxylic acids is 2. The molecule has 1 atom stereocenters. The van der Waals surface area contributed by atoms with Crippen molar-refractivity contribution in [1.82, 2.24) is 19.8 Å². The molecule has 5 heterocycles. The van der Waals surface area contributed by atoms with Gasteiger partial charge in [-0.25, -0.2) is 15.0 Å². The van der Waals surface area contributed by atoms with Crippen LogP contribution in [0.15, 0.2) is 70.8 Å². The number of nitrogens with two attached hydrogens (primary N) is 2. The Morgan fingerprint density at radius 1 is 1.12 bits per heavy atom. The fraction of sp³-hybridized carbons (Fsp3) is 0.378. The predicted molar refractivity (Wildman–Crippen MR) is 196 cm³/mol. The van der Waals surface area contributed by atoms with Crippen LogP contribution in [-0.4, -0.2) is 102 Å². The van der Waals surface area contributed by atoms with Gasteiger partial charge in [0.05, 0.1) is 32.2 Å². The van der Waals surface area contributed by atoms with Gasteiger partial charge in [0.1, 0.15) is 23.7 Å². The highest BCUT2D eigenvalue weighted by atomic mass is 16.5. The quantitative estimate of drug-likeness (QED) is 0.216. The van der Waals surface area contributed by atoms with Crippen LogP contribution in [0.2, 0.25) is 0 Å². The van der Waals surface area contributed by atoms with Crippen LogP contribution in [0.3, 0.4) is 0 Å². The van der Waals surface area contributed by atoms with E-state index in [0.29, 0.717) is 61.1 Å². The van der Waals surface area contributed by atoms with Crippen molar-refractivity contribution in [1.29, 1.82) is 5.41 Å². The lowest BCUT2D eigenvalue weighted by molar-refractivity contribution is -0.132. The first-order chi connectivity index (χ1) is 24.8. The van der Waals surface area contributed by atoms with E-state index in [1.807, 2.05) is 44.2 Å². The number of benzene rings is 1. The summed E-state index contributed by atoms with van der Waals surface area (Å²) < 4.78 is 23.4. The molecule has 2 aromatic heterocycles. The second kappa shape index (κ2) is 14.6. The number of rotatable bonds is 10. The molecule has 2 amide bonds. The Labute approximate surface area is 295 Å². The zero-order chi connectivity index (χ0) is 37.2. The summed E-state index contributed by atoms with van der Waals surface area (Å²) in [5, 5.41) is 8.79. The number of amidine groups is 1. The minimum atomic E-state index is -2.28. The van der Waals surface area contributed by atoms with Gasteiger partial charge in [-0.05, 0) is 69.0 Å². The summed E-state index contributed by atoms with van der Waals surface area (Å²) in [5.41, 5.74) is 15.3. The largest absolute Gasteiger partial charge is 0.475 e. The summed E-state index contributed by atoms with van der Waals surface area (Å²) in [4.78, 5) is 49.1. The average Bonchev–Trinajstić information content (AvgIpc) is 3.74. The number of nitrogens with zero attached hydrogens (tertiary/aromatic N) is 7. The molecule has 50 heavy (non-hydrogen) atoms. The van der Waals surface area contributed by atoms with Crippen LogP contribution in [0.1, 0.15) is 58.2 Å². The van der Waals surface area contributed by atoms with Crippen molar-refractivity contribution in [2.45, 2.75) is 39.2 Å². The lowest BCUT2D eigenvalue weighted by atomic mass is 9.85. The van der Waals surface area contributed by atoms with E-state index in [4.69, 9.17) is 24.4 Å². The fourth-order valence-corrected chi connectivity index (χ4v) is 6.54. The maximum Gasteiger partial charge on any atom is 0.237 e. The Balaban J connectivity index is 1.10. The molecule has 0 aliphatic carbocycles. The fourth-order valence-electron chi connectivity index (χ4n) is 6.54. The van der Waals surface area contributed by atoms with Gasteiger partial charge in [-0.2, -0.15) is 0 Å². The van der Waals surface area contributed by atoms with Crippen LogP contribution in [0.4, 0.5) is 11.5 Å². The molecule has 0 bridgehead atoms. The number of anilines is 2. The predicted octanol–water partition coefficient (Wildman–Crippen LogP) is 3.37. The van der Waals surface area contributed by atoms with E-state index in [1.54, 1.807) is 36.2 Å². The zero-order valence-electron chi connectivity index (χ0n) is 30.6. The van der Waals surface area contributed by atoms with E-state index in [9.17, 15) is 9.59 Å². The number of amides is 2. The third-order valence-corrected chi connectivity index (χ3v) is 9.29. The normalized spacial score (nSPS) is 20.8. The van der Waals surface area contributed by atoms with E-state index in [1.165, 1.54) is 22.3 Å². The number of ether oxygens (including phenoxy) is 1. The highest BCUT2D eigenvalue weighted by Gasteiger charge is 2.51. The number of aliphatic imine (C=N–C) groups is 2. The molecule has 2 fully saturated rings. The molecule has 1 spiro atoms. The van der Waals surface area contributed by atoms with Gasteiger partial charge >= 0.3 is 0 Å². The number of hydrogen-bond acceptors (Lipinski definition) is 9. The lowest BCUT2D eigenvalue weighted by Gasteiger charge is -2.29. The second-order valence-corrected chi connectivity index (χ2v) is 13.0. The Kier molecular flexibility index (Phi) is 9.28. The molecular weight excluding hydrogens is 632 g/mol. The SMILES string of the molecule is [2H]C([2H])(C(=O)N1CC=C(c2ccc(C(N)=NC=NC)cc2)CC1)N1CC[C@]2(CCN(c3ccc(N)c(C(=N)c4ccc(OC(C)C)nc4)n3)C2=O)C1. The molecule has 3 aromatic rings. The van der Waals surface area contributed by atoms with Gasteiger partial charge in [0.25, 0.3) is 0 Å². The first-order valence-corrected chi connectivity index (χ1v) is 16.7. The zero-order valence-corrected chi connectivity index (χ0v) is 28.6. The summed E-state index contributed by atoms with van der Waals surface area (Å²) in [5.74, 6) is 0.399. The topological polar surface area (TPSA) is 179 Å². The number of pyridine rings is 2. The van der Waals surface area contributed by atoms with Gasteiger partial charge < -0.3 is 21.1 Å². The summed E-state index contributed by atoms with van der Waals surface area (Å²) >= 11 is 0. The maximum atomic E-state index is 14.0. The van der Waals surface area contributed by atoms with Crippen LogP contribution in [0.5, 0.6) is 5.88 Å². The minimum absolute atomic E-state index is 0.0373. The van der Waals surface area contributed by atoms with Crippen LogP contribution < -0.4 is 21.1 Å². The molecule has 13 heteroatoms. The van der Waals surface area contributed by atoms with Crippen molar-refractivity contribution in [2.24, 2.45) is 21.1 Å². The molecule has 0 radical (unpaired) electrons. The number of nitrogen functional groups attached to an aromatic ring is 1. The lowest BCUT2D eigenvalue weighted by Crippen LogP contribution is -2.43. The van der Waals surface area contributed by atoms with E-state index >= 15 is 0 Å². The van der Waals surface area contributed by atoms with Crippen molar-refractivity contribution in [3.05, 3.63) is 83.2 Å². The monoisotopic (exact) mass is 678 g/mol. The van der Waals surface area contributed by atoms with Crippen molar-refractivity contribution >= 4 is 46.8 Å². The number of aromatic nitrogens is 2. The molecule has 3 aliphatic rings. The van der Waals surface area contributed by atoms with Gasteiger partial charge in [0.15, 0.2) is 0 Å². The molecule has 13 nitrogen and oxygen atoms in total. The highest BCUT2D eigenvalue weighted by molar-refractivity contribution is 6.13. The summed E-state index contributed by atoms with van der Waals surface area (Å²) in [7, 11) is 1.62. The summed E-state index contributed by atoms with van der Waals surface area (Å²) in [6, 6.07) is 14.4. The van der Waals surface area contributed by atoms with Gasteiger partial charge in [-0.3, -0.25) is 29.8 Å². The van der Waals surface area contributed by atoms with Gasteiger partial charge in [-0.1, -0.05) is 30.3 Å². The van der Waals surface area contributed by atoms with E-state index in [2.05, 4.69) is 20.0 Å². The number of carbonyl (C=O) groups is 2. The highest BCUT2D eigenvalue weighted by Crippen LogP contribution is 2.42. The summed E-state index contributed by atoms with van der Waals surface area (Å²) in [6.45, 7) is 2.95. The van der Waals surface area contributed by atoms with Gasteiger partial charge in [0, 0.05) is 56.6 Å². The minimum Gasteiger partial charge on any atom is -0.475 e. The smallest absolute Gasteiger partial charge is 0.237 e. The third-order valence-electron chi connectivity index (χ3n) is 9.29. The number of likely N-dealkylation sites (tertiary alicyclic amines) is 1. The molecule has 1 aromatic carbocycles. The van der Waals surface area contributed by atoms with Crippen molar-refractivity contribution in [2.75, 3.05) is 56.9 Å². The Hall–Kier alpha value is -5.43. The van der Waals surface area contributed by atoms with Crippen LogP contribution in [-0.2, 0) is 9.59 Å².